The fourth-order valence-electron chi connectivity index (χ4n) is 3.28. The van der Waals surface area contributed by atoms with E-state index in [1.54, 1.807) is 0 Å². The lowest BCUT2D eigenvalue weighted by molar-refractivity contribution is -0.0140. The van der Waals surface area contributed by atoms with Gasteiger partial charge in [0.2, 0.25) is 0 Å². The third-order valence-corrected chi connectivity index (χ3v) is 5.16. The molecule has 1 saturated carbocycles. The number of likely N-dealkylation sites (tertiary alicyclic amines) is 1. The van der Waals surface area contributed by atoms with Crippen molar-refractivity contribution < 1.29 is 9.84 Å². The van der Waals surface area contributed by atoms with Crippen LogP contribution < -0.4 is 4.74 Å². The average molecular weight is 289 g/mol. The van der Waals surface area contributed by atoms with Gasteiger partial charge in [0, 0.05) is 5.54 Å². The molecular formula is C18H27NO2. The highest BCUT2D eigenvalue weighted by molar-refractivity contribution is 5.30. The van der Waals surface area contributed by atoms with Crippen LogP contribution in [0.4, 0.5) is 0 Å². The summed E-state index contributed by atoms with van der Waals surface area (Å²) in [7, 11) is 0. The van der Waals surface area contributed by atoms with Gasteiger partial charge in [-0.15, -0.1) is 0 Å². The Bertz CT molecular complexity index is 463. The minimum Gasteiger partial charge on any atom is -0.490 e. The van der Waals surface area contributed by atoms with Gasteiger partial charge in [-0.05, 0) is 69.8 Å². The van der Waals surface area contributed by atoms with E-state index in [1.165, 1.54) is 25.7 Å². The molecule has 1 saturated heterocycles. The zero-order valence-electron chi connectivity index (χ0n) is 13.2. The quantitative estimate of drug-likeness (QED) is 0.869. The highest BCUT2D eigenvalue weighted by atomic mass is 16.5. The number of hydrogen-bond acceptors (Lipinski definition) is 3. The standard InChI is InChI=1S/C18H27NO2/c1-3-18(2,19-12-4-5-13-19)17(20)14-6-8-15(9-7-14)21-16-10-11-16/h6-9,16-17,20H,3-5,10-13H2,1-2H3. The van der Waals surface area contributed by atoms with Crippen molar-refractivity contribution in [1.82, 2.24) is 4.90 Å². The third-order valence-electron chi connectivity index (χ3n) is 5.16. The molecule has 21 heavy (non-hydrogen) atoms. The Morgan fingerprint density at radius 2 is 1.86 bits per heavy atom. The first-order valence-electron chi connectivity index (χ1n) is 8.33. The van der Waals surface area contributed by atoms with Crippen molar-refractivity contribution in [3.05, 3.63) is 29.8 Å². The largest absolute Gasteiger partial charge is 0.490 e. The van der Waals surface area contributed by atoms with Gasteiger partial charge in [0.1, 0.15) is 5.75 Å². The van der Waals surface area contributed by atoms with Gasteiger partial charge in [-0.1, -0.05) is 19.1 Å². The van der Waals surface area contributed by atoms with E-state index >= 15 is 0 Å². The van der Waals surface area contributed by atoms with Gasteiger partial charge in [-0.2, -0.15) is 0 Å². The number of nitrogens with zero attached hydrogens (tertiary/aromatic N) is 1. The lowest BCUT2D eigenvalue weighted by Gasteiger charge is -2.42. The van der Waals surface area contributed by atoms with Crippen LogP contribution in [0.5, 0.6) is 5.75 Å². The zero-order chi connectivity index (χ0) is 14.9. The van der Waals surface area contributed by atoms with Crippen molar-refractivity contribution >= 4 is 0 Å². The first kappa shape index (κ1) is 14.9. The number of benzene rings is 1. The van der Waals surface area contributed by atoms with E-state index in [1.807, 2.05) is 24.3 Å². The predicted octanol–water partition coefficient (Wildman–Crippen LogP) is 3.53. The smallest absolute Gasteiger partial charge is 0.119 e. The van der Waals surface area contributed by atoms with E-state index in [0.717, 1.165) is 30.8 Å². The second-order valence-corrected chi connectivity index (χ2v) is 6.69. The summed E-state index contributed by atoms with van der Waals surface area (Å²) in [6.45, 7) is 6.57. The lowest BCUT2D eigenvalue weighted by Crippen LogP contribution is -2.48. The minimum atomic E-state index is -0.449. The van der Waals surface area contributed by atoms with Gasteiger partial charge >= 0.3 is 0 Å². The summed E-state index contributed by atoms with van der Waals surface area (Å²) in [6.07, 6.45) is 5.77. The highest BCUT2D eigenvalue weighted by Crippen LogP contribution is 2.37. The van der Waals surface area contributed by atoms with Crippen LogP contribution >= 0.6 is 0 Å². The van der Waals surface area contributed by atoms with Crippen LogP contribution in [0.1, 0.15) is 57.6 Å². The minimum absolute atomic E-state index is 0.171. The summed E-state index contributed by atoms with van der Waals surface area (Å²) in [6, 6.07) is 8.03. The molecule has 3 nitrogen and oxygen atoms in total. The first-order valence-corrected chi connectivity index (χ1v) is 8.33. The van der Waals surface area contributed by atoms with Crippen molar-refractivity contribution in [2.45, 2.75) is 63.7 Å². The van der Waals surface area contributed by atoms with Gasteiger partial charge in [-0.25, -0.2) is 0 Å². The van der Waals surface area contributed by atoms with Gasteiger partial charge in [0.05, 0.1) is 12.2 Å². The van der Waals surface area contributed by atoms with Gasteiger partial charge < -0.3 is 9.84 Å². The molecule has 1 aromatic carbocycles. The van der Waals surface area contributed by atoms with E-state index in [2.05, 4.69) is 18.7 Å². The number of aliphatic hydroxyl groups is 1. The van der Waals surface area contributed by atoms with Crippen molar-refractivity contribution in [2.75, 3.05) is 13.1 Å². The Morgan fingerprint density at radius 3 is 2.38 bits per heavy atom. The van der Waals surface area contributed by atoms with Crippen molar-refractivity contribution in [3.63, 3.8) is 0 Å². The summed E-state index contributed by atoms with van der Waals surface area (Å²) >= 11 is 0. The molecule has 1 aliphatic heterocycles. The Hall–Kier alpha value is -1.06. The van der Waals surface area contributed by atoms with E-state index in [4.69, 9.17) is 4.74 Å². The fraction of sp³-hybridized carbons (Fsp3) is 0.667. The molecule has 3 rings (SSSR count). The maximum absolute atomic E-state index is 10.9. The molecule has 0 bridgehead atoms. The SMILES string of the molecule is CCC(C)(C(O)c1ccc(OC2CC2)cc1)N1CCCC1. The molecule has 2 fully saturated rings. The molecule has 2 atom stereocenters. The molecule has 0 spiro atoms. The van der Waals surface area contributed by atoms with Crippen LogP contribution in [0.2, 0.25) is 0 Å². The molecule has 1 aromatic rings. The van der Waals surface area contributed by atoms with Crippen molar-refractivity contribution in [3.8, 4) is 5.75 Å². The third kappa shape index (κ3) is 3.09. The van der Waals surface area contributed by atoms with Crippen LogP contribution in [-0.4, -0.2) is 34.7 Å². The normalized spacial score (nSPS) is 23.8. The maximum Gasteiger partial charge on any atom is 0.119 e. The second kappa shape index (κ2) is 5.98. The Kier molecular flexibility index (Phi) is 4.23. The predicted molar refractivity (Wildman–Crippen MR) is 84.6 cm³/mol. The Balaban J connectivity index is 1.73. The summed E-state index contributed by atoms with van der Waals surface area (Å²) in [5.74, 6) is 0.924. The Labute approximate surface area is 127 Å². The molecular weight excluding hydrogens is 262 g/mol. The molecule has 0 amide bonds. The summed E-state index contributed by atoms with van der Waals surface area (Å²) in [5.41, 5.74) is 0.824. The zero-order valence-corrected chi connectivity index (χ0v) is 13.2. The highest BCUT2D eigenvalue weighted by Gasteiger charge is 2.39. The number of ether oxygens (including phenoxy) is 1. The van der Waals surface area contributed by atoms with Gasteiger partial charge in [-0.3, -0.25) is 4.90 Å². The van der Waals surface area contributed by atoms with Crippen molar-refractivity contribution in [2.24, 2.45) is 0 Å². The van der Waals surface area contributed by atoms with E-state index in [-0.39, 0.29) is 5.54 Å². The fourth-order valence-corrected chi connectivity index (χ4v) is 3.28. The first-order chi connectivity index (χ1) is 10.1. The Morgan fingerprint density at radius 1 is 1.24 bits per heavy atom. The summed E-state index contributed by atoms with van der Waals surface area (Å²) in [4.78, 5) is 2.45. The van der Waals surface area contributed by atoms with Crippen molar-refractivity contribution in [1.29, 1.82) is 0 Å². The molecule has 1 aliphatic carbocycles. The van der Waals surface area contributed by atoms with Crippen LogP contribution in [0, 0.1) is 0 Å². The van der Waals surface area contributed by atoms with E-state index in [9.17, 15) is 5.11 Å². The average Bonchev–Trinajstić information content (AvgIpc) is 3.15. The number of rotatable bonds is 6. The second-order valence-electron chi connectivity index (χ2n) is 6.69. The summed E-state index contributed by atoms with van der Waals surface area (Å²) in [5, 5.41) is 10.9. The van der Waals surface area contributed by atoms with E-state index in [0.29, 0.717) is 6.10 Å². The molecule has 1 N–H and O–H groups in total. The maximum atomic E-state index is 10.9. The molecule has 2 aliphatic rings. The molecule has 0 aromatic heterocycles. The van der Waals surface area contributed by atoms with Crippen LogP contribution in [0.15, 0.2) is 24.3 Å². The van der Waals surface area contributed by atoms with Gasteiger partial charge in [0.15, 0.2) is 0 Å². The molecule has 1 heterocycles. The number of aliphatic hydroxyl groups excluding tert-OH is 1. The van der Waals surface area contributed by atoms with Crippen LogP contribution in [0.3, 0.4) is 0 Å². The van der Waals surface area contributed by atoms with Crippen LogP contribution in [0.25, 0.3) is 0 Å². The van der Waals surface area contributed by atoms with Gasteiger partial charge in [0.25, 0.3) is 0 Å². The monoisotopic (exact) mass is 289 g/mol. The van der Waals surface area contributed by atoms with Crippen LogP contribution in [-0.2, 0) is 0 Å². The molecule has 116 valence electrons. The molecule has 2 unspecified atom stereocenters. The topological polar surface area (TPSA) is 32.7 Å². The summed E-state index contributed by atoms with van der Waals surface area (Å²) < 4.78 is 5.78. The molecule has 3 heteroatoms. The number of hydrogen-bond donors (Lipinski definition) is 1. The van der Waals surface area contributed by atoms with E-state index < -0.39 is 6.10 Å². The molecule has 0 radical (unpaired) electrons. The lowest BCUT2D eigenvalue weighted by atomic mass is 9.85.